The lowest BCUT2D eigenvalue weighted by Crippen LogP contribution is -2.24. The van der Waals surface area contributed by atoms with Crippen LogP contribution in [0.25, 0.3) is 0 Å². The molecule has 0 saturated heterocycles. The van der Waals surface area contributed by atoms with E-state index < -0.39 is 0 Å². The van der Waals surface area contributed by atoms with Crippen LogP contribution in [0.4, 0.5) is 0 Å². The molecule has 1 unspecified atom stereocenters. The maximum absolute atomic E-state index is 6.19. The van der Waals surface area contributed by atoms with Gasteiger partial charge in [-0.25, -0.2) is 0 Å². The molecule has 3 rings (SSSR count). The third-order valence-electron chi connectivity index (χ3n) is 3.30. The van der Waals surface area contributed by atoms with Gasteiger partial charge in [-0.15, -0.1) is 0 Å². The molecule has 1 atom stereocenters. The van der Waals surface area contributed by atoms with Gasteiger partial charge in [-0.1, -0.05) is 6.07 Å². The Morgan fingerprint density at radius 2 is 2.11 bits per heavy atom. The van der Waals surface area contributed by atoms with Crippen LogP contribution in [0.1, 0.15) is 36.8 Å². The molecule has 94 valence electrons. The van der Waals surface area contributed by atoms with Crippen molar-refractivity contribution in [3.8, 4) is 5.75 Å². The molecule has 0 fully saturated rings. The fourth-order valence-corrected chi connectivity index (χ4v) is 2.46. The Balaban J connectivity index is 1.93. The molecule has 3 heteroatoms. The summed E-state index contributed by atoms with van der Waals surface area (Å²) < 4.78 is 11.2. The highest BCUT2D eigenvalue weighted by Gasteiger charge is 2.30. The minimum Gasteiger partial charge on any atom is -0.487 e. The van der Waals surface area contributed by atoms with Gasteiger partial charge in [0, 0.05) is 6.42 Å². The highest BCUT2D eigenvalue weighted by Crippen LogP contribution is 2.36. The van der Waals surface area contributed by atoms with Crippen LogP contribution < -0.4 is 10.5 Å². The van der Waals surface area contributed by atoms with Gasteiger partial charge >= 0.3 is 0 Å². The quantitative estimate of drug-likeness (QED) is 0.882. The Hall–Kier alpha value is -1.74. The predicted octanol–water partition coefficient (Wildman–Crippen LogP) is 3.04. The zero-order chi connectivity index (χ0) is 12.8. The molecular weight excluding hydrogens is 226 g/mol. The molecule has 0 amide bonds. The second-order valence-electron chi connectivity index (χ2n) is 5.40. The molecule has 1 aliphatic heterocycles. The summed E-state index contributed by atoms with van der Waals surface area (Å²) in [5, 5.41) is 0. The number of benzene rings is 1. The van der Waals surface area contributed by atoms with Gasteiger partial charge < -0.3 is 14.9 Å². The van der Waals surface area contributed by atoms with E-state index in [1.165, 1.54) is 5.56 Å². The van der Waals surface area contributed by atoms with Crippen molar-refractivity contribution in [2.75, 3.05) is 0 Å². The first kappa shape index (κ1) is 11.4. The largest absolute Gasteiger partial charge is 0.487 e. The van der Waals surface area contributed by atoms with Gasteiger partial charge in [-0.05, 0) is 49.2 Å². The number of fused-ring (bicyclic) bond motifs is 1. The van der Waals surface area contributed by atoms with Crippen molar-refractivity contribution in [3.05, 3.63) is 53.5 Å². The van der Waals surface area contributed by atoms with E-state index >= 15 is 0 Å². The Kier molecular flexibility index (Phi) is 2.45. The zero-order valence-corrected chi connectivity index (χ0v) is 10.6. The summed E-state index contributed by atoms with van der Waals surface area (Å²) in [4.78, 5) is 0. The number of hydrogen-bond donors (Lipinski definition) is 1. The molecule has 2 aromatic rings. The van der Waals surface area contributed by atoms with Crippen molar-refractivity contribution in [3.63, 3.8) is 0 Å². The Labute approximate surface area is 107 Å². The maximum Gasteiger partial charge on any atom is 0.124 e. The smallest absolute Gasteiger partial charge is 0.124 e. The molecule has 0 aliphatic carbocycles. The Bertz CT molecular complexity index is 558. The lowest BCUT2D eigenvalue weighted by atomic mass is 9.97. The van der Waals surface area contributed by atoms with Crippen molar-refractivity contribution in [2.24, 2.45) is 5.73 Å². The molecule has 0 spiro atoms. The van der Waals surface area contributed by atoms with Crippen LogP contribution >= 0.6 is 0 Å². The standard InChI is InChI=1S/C15H17NO2/c1-15(2)9-11-8-10(5-6-12(11)18-15)14(16)13-4-3-7-17-13/h3-8,14H,9,16H2,1-2H3. The van der Waals surface area contributed by atoms with Gasteiger partial charge in [0.05, 0.1) is 12.3 Å². The molecule has 18 heavy (non-hydrogen) atoms. The SMILES string of the molecule is CC1(C)Cc2cc(C(N)c3ccco3)ccc2O1. The van der Waals surface area contributed by atoms with Crippen molar-refractivity contribution in [1.82, 2.24) is 0 Å². The van der Waals surface area contributed by atoms with Gasteiger partial charge in [0.25, 0.3) is 0 Å². The highest BCUT2D eigenvalue weighted by atomic mass is 16.5. The van der Waals surface area contributed by atoms with E-state index in [4.69, 9.17) is 14.9 Å². The van der Waals surface area contributed by atoms with E-state index in [1.54, 1.807) is 6.26 Å². The molecule has 1 aliphatic rings. The van der Waals surface area contributed by atoms with E-state index in [0.29, 0.717) is 0 Å². The fraction of sp³-hybridized carbons (Fsp3) is 0.333. The summed E-state index contributed by atoms with van der Waals surface area (Å²) >= 11 is 0. The summed E-state index contributed by atoms with van der Waals surface area (Å²) in [6.45, 7) is 4.19. The first-order chi connectivity index (χ1) is 8.55. The van der Waals surface area contributed by atoms with Crippen LogP contribution in [0, 0.1) is 0 Å². The van der Waals surface area contributed by atoms with E-state index in [1.807, 2.05) is 24.3 Å². The van der Waals surface area contributed by atoms with Gasteiger partial charge in [0.2, 0.25) is 0 Å². The average molecular weight is 243 g/mol. The van der Waals surface area contributed by atoms with Crippen LogP contribution in [0.15, 0.2) is 41.0 Å². The van der Waals surface area contributed by atoms with E-state index in [-0.39, 0.29) is 11.6 Å². The molecule has 3 nitrogen and oxygen atoms in total. The van der Waals surface area contributed by atoms with Crippen LogP contribution in [0.3, 0.4) is 0 Å². The molecule has 0 radical (unpaired) electrons. The number of hydrogen-bond acceptors (Lipinski definition) is 3. The summed E-state index contributed by atoms with van der Waals surface area (Å²) in [7, 11) is 0. The van der Waals surface area contributed by atoms with Gasteiger partial charge in [0.15, 0.2) is 0 Å². The third-order valence-corrected chi connectivity index (χ3v) is 3.30. The van der Waals surface area contributed by atoms with Crippen molar-refractivity contribution in [2.45, 2.75) is 31.9 Å². The second-order valence-corrected chi connectivity index (χ2v) is 5.40. The third kappa shape index (κ3) is 1.91. The summed E-state index contributed by atoms with van der Waals surface area (Å²) in [5.41, 5.74) is 8.35. The molecule has 1 aromatic heterocycles. The first-order valence-corrected chi connectivity index (χ1v) is 6.16. The Morgan fingerprint density at radius 1 is 1.28 bits per heavy atom. The van der Waals surface area contributed by atoms with Crippen LogP contribution in [0.2, 0.25) is 0 Å². The van der Waals surface area contributed by atoms with E-state index in [9.17, 15) is 0 Å². The van der Waals surface area contributed by atoms with Crippen molar-refractivity contribution < 1.29 is 9.15 Å². The minimum absolute atomic E-state index is 0.115. The van der Waals surface area contributed by atoms with Gasteiger partial charge in [-0.2, -0.15) is 0 Å². The normalized spacial score (nSPS) is 18.2. The zero-order valence-electron chi connectivity index (χ0n) is 10.6. The van der Waals surface area contributed by atoms with E-state index in [0.717, 1.165) is 23.5 Å². The van der Waals surface area contributed by atoms with Crippen LogP contribution in [-0.2, 0) is 6.42 Å². The average Bonchev–Trinajstić information content (AvgIpc) is 2.91. The number of rotatable bonds is 2. The first-order valence-electron chi connectivity index (χ1n) is 6.16. The summed E-state index contributed by atoms with van der Waals surface area (Å²) in [5.74, 6) is 1.75. The number of ether oxygens (including phenoxy) is 1. The Morgan fingerprint density at radius 3 is 2.83 bits per heavy atom. The van der Waals surface area contributed by atoms with Gasteiger partial charge in [0.1, 0.15) is 17.1 Å². The number of furan rings is 1. The molecule has 0 bridgehead atoms. The second kappa shape index (κ2) is 3.89. The molecule has 2 heterocycles. The predicted molar refractivity (Wildman–Crippen MR) is 69.6 cm³/mol. The molecule has 0 saturated carbocycles. The molecule has 1 aromatic carbocycles. The lowest BCUT2D eigenvalue weighted by molar-refractivity contribution is 0.138. The van der Waals surface area contributed by atoms with Crippen molar-refractivity contribution >= 4 is 0 Å². The number of nitrogens with two attached hydrogens (primary N) is 1. The maximum atomic E-state index is 6.19. The fourth-order valence-electron chi connectivity index (χ4n) is 2.46. The summed E-state index contributed by atoms with van der Waals surface area (Å²) in [6, 6.07) is 9.68. The highest BCUT2D eigenvalue weighted by molar-refractivity contribution is 5.43. The van der Waals surface area contributed by atoms with E-state index in [2.05, 4.69) is 19.9 Å². The van der Waals surface area contributed by atoms with Crippen LogP contribution in [-0.4, -0.2) is 5.60 Å². The van der Waals surface area contributed by atoms with Crippen LogP contribution in [0.5, 0.6) is 5.75 Å². The molecular formula is C15H17NO2. The van der Waals surface area contributed by atoms with Gasteiger partial charge in [-0.3, -0.25) is 0 Å². The summed E-state index contributed by atoms with van der Waals surface area (Å²) in [6.07, 6.45) is 2.57. The molecule has 2 N–H and O–H groups in total. The monoisotopic (exact) mass is 243 g/mol. The van der Waals surface area contributed by atoms with Crippen molar-refractivity contribution in [1.29, 1.82) is 0 Å². The minimum atomic E-state index is -0.214. The lowest BCUT2D eigenvalue weighted by Gasteiger charge is -2.16. The topological polar surface area (TPSA) is 48.4 Å².